The maximum atomic E-state index is 11.8. The quantitative estimate of drug-likeness (QED) is 0.643. The van der Waals surface area contributed by atoms with Crippen molar-refractivity contribution in [3.05, 3.63) is 0 Å². The lowest BCUT2D eigenvalue weighted by Gasteiger charge is -2.18. The fourth-order valence-corrected chi connectivity index (χ4v) is 1.43. The average molecular weight is 239 g/mol. The van der Waals surface area contributed by atoms with Gasteiger partial charge in [0.25, 0.3) is 6.43 Å². The number of hydrogen-bond donors (Lipinski definition) is 2. The fraction of sp³-hybridized carbons (Fsp3) is 1.00. The van der Waals surface area contributed by atoms with Crippen molar-refractivity contribution >= 4 is 0 Å². The highest BCUT2D eigenvalue weighted by Crippen LogP contribution is 2.07. The van der Waals surface area contributed by atoms with Gasteiger partial charge in [-0.2, -0.15) is 0 Å². The summed E-state index contributed by atoms with van der Waals surface area (Å²) in [5.41, 5.74) is 0. The first-order valence-electron chi connectivity index (χ1n) is 5.70. The fourth-order valence-electron chi connectivity index (χ4n) is 1.43. The van der Waals surface area contributed by atoms with E-state index in [0.717, 1.165) is 6.42 Å². The normalized spacial score (nSPS) is 15.8. The molecule has 0 aromatic carbocycles. The molecular formula is C11H23F2NO2. The monoisotopic (exact) mass is 239 g/mol. The van der Waals surface area contributed by atoms with Gasteiger partial charge in [0.15, 0.2) is 0 Å². The van der Waals surface area contributed by atoms with Gasteiger partial charge in [-0.25, -0.2) is 8.78 Å². The number of aliphatic hydroxyl groups excluding tert-OH is 1. The van der Waals surface area contributed by atoms with Gasteiger partial charge in [0, 0.05) is 6.54 Å². The SMILES string of the molecule is CC(C)CC(C)OCC(O)CNCC(F)F. The molecule has 0 radical (unpaired) electrons. The van der Waals surface area contributed by atoms with Gasteiger partial charge in [0.2, 0.25) is 0 Å². The molecule has 2 unspecified atom stereocenters. The Hall–Kier alpha value is -0.260. The molecule has 0 amide bonds. The molecule has 0 aromatic heterocycles. The van der Waals surface area contributed by atoms with Crippen LogP contribution in [0, 0.1) is 5.92 Å². The second-order valence-corrected chi connectivity index (χ2v) is 4.48. The minimum atomic E-state index is -2.38. The van der Waals surface area contributed by atoms with Crippen molar-refractivity contribution in [3.8, 4) is 0 Å². The molecule has 0 fully saturated rings. The molecule has 98 valence electrons. The molecule has 0 aromatic rings. The zero-order valence-electron chi connectivity index (χ0n) is 10.2. The minimum Gasteiger partial charge on any atom is -0.389 e. The predicted octanol–water partition coefficient (Wildman–Crippen LogP) is 1.65. The Morgan fingerprint density at radius 2 is 1.81 bits per heavy atom. The third-order valence-electron chi connectivity index (χ3n) is 2.06. The van der Waals surface area contributed by atoms with Crippen molar-refractivity contribution in [1.82, 2.24) is 5.32 Å². The number of hydrogen-bond acceptors (Lipinski definition) is 3. The zero-order valence-corrected chi connectivity index (χ0v) is 10.2. The summed E-state index contributed by atoms with van der Waals surface area (Å²) >= 11 is 0. The molecule has 0 saturated heterocycles. The Morgan fingerprint density at radius 1 is 1.19 bits per heavy atom. The van der Waals surface area contributed by atoms with Crippen LogP contribution in [-0.2, 0) is 4.74 Å². The highest BCUT2D eigenvalue weighted by molar-refractivity contribution is 4.61. The zero-order chi connectivity index (χ0) is 12.6. The van der Waals surface area contributed by atoms with Crippen LogP contribution in [0.15, 0.2) is 0 Å². The molecule has 16 heavy (non-hydrogen) atoms. The summed E-state index contributed by atoms with van der Waals surface area (Å²) in [5, 5.41) is 11.9. The number of rotatable bonds is 9. The molecule has 0 aliphatic carbocycles. The van der Waals surface area contributed by atoms with Crippen LogP contribution in [0.2, 0.25) is 0 Å². The molecule has 2 atom stereocenters. The highest BCUT2D eigenvalue weighted by Gasteiger charge is 2.10. The minimum absolute atomic E-state index is 0.0877. The standard InChI is InChI=1S/C11H23F2NO2/c1-8(2)4-9(3)16-7-10(15)5-14-6-11(12)13/h8-11,14-15H,4-7H2,1-3H3. The van der Waals surface area contributed by atoms with Gasteiger partial charge in [-0.15, -0.1) is 0 Å². The highest BCUT2D eigenvalue weighted by atomic mass is 19.3. The second kappa shape index (κ2) is 8.84. The van der Waals surface area contributed by atoms with E-state index in [-0.39, 0.29) is 19.3 Å². The number of nitrogens with one attached hydrogen (secondary N) is 1. The van der Waals surface area contributed by atoms with Crippen molar-refractivity contribution < 1.29 is 18.6 Å². The summed E-state index contributed by atoms with van der Waals surface area (Å²) in [6, 6.07) is 0. The summed E-state index contributed by atoms with van der Waals surface area (Å²) in [4.78, 5) is 0. The van der Waals surface area contributed by atoms with Gasteiger partial charge in [-0.05, 0) is 19.3 Å². The van der Waals surface area contributed by atoms with Gasteiger partial charge < -0.3 is 15.2 Å². The molecule has 3 nitrogen and oxygen atoms in total. The van der Waals surface area contributed by atoms with Crippen molar-refractivity contribution in [1.29, 1.82) is 0 Å². The largest absolute Gasteiger partial charge is 0.389 e. The first-order valence-corrected chi connectivity index (χ1v) is 5.70. The number of ether oxygens (including phenoxy) is 1. The van der Waals surface area contributed by atoms with Crippen molar-refractivity contribution in [3.63, 3.8) is 0 Å². The van der Waals surface area contributed by atoms with Crippen LogP contribution in [0.1, 0.15) is 27.2 Å². The molecular weight excluding hydrogens is 216 g/mol. The van der Waals surface area contributed by atoms with E-state index >= 15 is 0 Å². The first-order chi connectivity index (χ1) is 7.41. The Morgan fingerprint density at radius 3 is 2.31 bits per heavy atom. The lowest BCUT2D eigenvalue weighted by atomic mass is 10.1. The van der Waals surface area contributed by atoms with E-state index in [9.17, 15) is 13.9 Å². The molecule has 0 aliphatic rings. The van der Waals surface area contributed by atoms with E-state index < -0.39 is 19.1 Å². The molecule has 0 aliphatic heterocycles. The first kappa shape index (κ1) is 15.7. The van der Waals surface area contributed by atoms with Crippen molar-refractivity contribution in [2.24, 2.45) is 5.92 Å². The van der Waals surface area contributed by atoms with Crippen LogP contribution >= 0.6 is 0 Å². The van der Waals surface area contributed by atoms with E-state index in [2.05, 4.69) is 19.2 Å². The molecule has 0 rings (SSSR count). The molecule has 0 bridgehead atoms. The van der Waals surface area contributed by atoms with Crippen molar-refractivity contribution in [2.45, 2.75) is 45.8 Å². The Labute approximate surface area is 96.2 Å². The maximum Gasteiger partial charge on any atom is 0.250 e. The third-order valence-corrected chi connectivity index (χ3v) is 2.06. The topological polar surface area (TPSA) is 41.5 Å². The Balaban J connectivity index is 3.45. The van der Waals surface area contributed by atoms with Crippen LogP contribution in [0.25, 0.3) is 0 Å². The maximum absolute atomic E-state index is 11.8. The predicted molar refractivity (Wildman–Crippen MR) is 59.7 cm³/mol. The molecule has 5 heteroatoms. The molecule has 0 saturated carbocycles. The van der Waals surface area contributed by atoms with Gasteiger partial charge >= 0.3 is 0 Å². The summed E-state index contributed by atoms with van der Waals surface area (Å²) in [5.74, 6) is 0.545. The van der Waals surface area contributed by atoms with Crippen LogP contribution < -0.4 is 5.32 Å². The smallest absolute Gasteiger partial charge is 0.250 e. The van der Waals surface area contributed by atoms with Gasteiger partial charge in [-0.3, -0.25) is 0 Å². The van der Waals surface area contributed by atoms with Crippen LogP contribution in [-0.4, -0.2) is 43.4 Å². The average Bonchev–Trinajstić information content (AvgIpc) is 2.13. The van der Waals surface area contributed by atoms with Gasteiger partial charge in [0.05, 0.1) is 25.4 Å². The summed E-state index contributed by atoms with van der Waals surface area (Å²) in [6.45, 7) is 6.07. The van der Waals surface area contributed by atoms with Crippen molar-refractivity contribution in [2.75, 3.05) is 19.7 Å². The Bertz CT molecular complexity index is 168. The van der Waals surface area contributed by atoms with E-state index in [1.807, 2.05) is 6.92 Å². The third kappa shape index (κ3) is 10.3. The van der Waals surface area contributed by atoms with E-state index in [4.69, 9.17) is 4.74 Å². The summed E-state index contributed by atoms with van der Waals surface area (Å²) in [6.07, 6.45) is -2.09. The van der Waals surface area contributed by atoms with Gasteiger partial charge in [0.1, 0.15) is 0 Å². The van der Waals surface area contributed by atoms with E-state index in [0.29, 0.717) is 5.92 Å². The van der Waals surface area contributed by atoms with Gasteiger partial charge in [-0.1, -0.05) is 13.8 Å². The molecule has 0 spiro atoms. The summed E-state index contributed by atoms with van der Waals surface area (Å²) < 4.78 is 28.9. The van der Waals surface area contributed by atoms with Crippen LogP contribution in [0.5, 0.6) is 0 Å². The molecule has 2 N–H and O–H groups in total. The van der Waals surface area contributed by atoms with E-state index in [1.165, 1.54) is 0 Å². The van der Waals surface area contributed by atoms with Crippen LogP contribution in [0.4, 0.5) is 8.78 Å². The van der Waals surface area contributed by atoms with E-state index in [1.54, 1.807) is 0 Å². The lowest BCUT2D eigenvalue weighted by molar-refractivity contribution is -0.00956. The summed E-state index contributed by atoms with van der Waals surface area (Å²) in [7, 11) is 0. The second-order valence-electron chi connectivity index (χ2n) is 4.48. The number of aliphatic hydroxyl groups is 1. The lowest BCUT2D eigenvalue weighted by Crippen LogP contribution is -2.34. The van der Waals surface area contributed by atoms with Crippen LogP contribution in [0.3, 0.4) is 0 Å². The molecule has 0 heterocycles. The Kier molecular flexibility index (Phi) is 8.70. The number of halogens is 2. The number of alkyl halides is 2.